The maximum atomic E-state index is 13.6. The van der Waals surface area contributed by atoms with Crippen molar-refractivity contribution < 1.29 is 4.79 Å². The predicted octanol–water partition coefficient (Wildman–Crippen LogP) is 4.77. The molecule has 1 unspecified atom stereocenters. The average molecular weight is 377 g/mol. The number of rotatable bonds is 6. The molecule has 2 aromatic carbocycles. The minimum atomic E-state index is -0.171. The molecule has 0 bridgehead atoms. The van der Waals surface area contributed by atoms with Gasteiger partial charge in [0.1, 0.15) is 0 Å². The molecule has 1 heterocycles. The van der Waals surface area contributed by atoms with Crippen molar-refractivity contribution in [1.82, 2.24) is 9.80 Å². The van der Waals surface area contributed by atoms with Crippen molar-refractivity contribution in [3.63, 3.8) is 0 Å². The molecule has 0 aromatic heterocycles. The molecule has 1 fully saturated rings. The highest BCUT2D eigenvalue weighted by atomic mass is 16.2. The van der Waals surface area contributed by atoms with Gasteiger partial charge < -0.3 is 4.90 Å². The van der Waals surface area contributed by atoms with Gasteiger partial charge in [-0.05, 0) is 60.5 Å². The molecule has 1 saturated heterocycles. The molecule has 28 heavy (non-hydrogen) atoms. The van der Waals surface area contributed by atoms with Crippen LogP contribution in [0.1, 0.15) is 50.2 Å². The molecule has 1 amide bonds. The van der Waals surface area contributed by atoms with Gasteiger partial charge in [-0.3, -0.25) is 9.69 Å². The van der Waals surface area contributed by atoms with Crippen molar-refractivity contribution in [2.45, 2.75) is 45.1 Å². The van der Waals surface area contributed by atoms with Crippen LogP contribution in [0.2, 0.25) is 0 Å². The summed E-state index contributed by atoms with van der Waals surface area (Å²) >= 11 is 0. The quantitative estimate of drug-likeness (QED) is 0.725. The normalized spacial score (nSPS) is 17.6. The van der Waals surface area contributed by atoms with Gasteiger partial charge in [0, 0.05) is 19.6 Å². The van der Waals surface area contributed by atoms with Crippen LogP contribution >= 0.6 is 0 Å². The number of carbonyl (C=O) groups is 1. The van der Waals surface area contributed by atoms with E-state index in [2.05, 4.69) is 67.3 Å². The minimum Gasteiger partial charge on any atom is -0.343 e. The number of benzene rings is 2. The smallest absolute Gasteiger partial charge is 0.234 e. The van der Waals surface area contributed by atoms with Crippen molar-refractivity contribution >= 4 is 5.91 Å². The monoisotopic (exact) mass is 376 g/mol. The second kappa shape index (κ2) is 8.08. The summed E-state index contributed by atoms with van der Waals surface area (Å²) in [6.07, 6.45) is 3.72. The van der Waals surface area contributed by atoms with E-state index in [1.54, 1.807) is 0 Å². The lowest BCUT2D eigenvalue weighted by molar-refractivity contribution is -0.131. The second-order valence-electron chi connectivity index (χ2n) is 8.85. The van der Waals surface area contributed by atoms with Crippen molar-refractivity contribution in [1.29, 1.82) is 0 Å². The summed E-state index contributed by atoms with van der Waals surface area (Å²) in [5.74, 6) is 0.697. The number of likely N-dealkylation sites (N-methyl/N-ethyl adjacent to an activating group) is 1. The van der Waals surface area contributed by atoms with E-state index in [0.29, 0.717) is 12.0 Å². The van der Waals surface area contributed by atoms with Crippen molar-refractivity contribution in [2.24, 2.45) is 5.92 Å². The lowest BCUT2D eigenvalue weighted by Gasteiger charge is -2.33. The van der Waals surface area contributed by atoms with Gasteiger partial charge in [-0.15, -0.1) is 0 Å². The lowest BCUT2D eigenvalue weighted by Crippen LogP contribution is -2.45. The molecule has 1 aliphatic carbocycles. The van der Waals surface area contributed by atoms with Gasteiger partial charge in [0.15, 0.2) is 0 Å². The fraction of sp³-hybridized carbons (Fsp3) is 0.480. The van der Waals surface area contributed by atoms with Crippen LogP contribution < -0.4 is 0 Å². The van der Waals surface area contributed by atoms with E-state index < -0.39 is 0 Å². The molecule has 148 valence electrons. The van der Waals surface area contributed by atoms with Crippen LogP contribution in [0.25, 0.3) is 11.1 Å². The van der Waals surface area contributed by atoms with Crippen LogP contribution in [0.3, 0.4) is 0 Å². The molecular formula is C25H32N2O. The highest BCUT2D eigenvalue weighted by Crippen LogP contribution is 2.45. The largest absolute Gasteiger partial charge is 0.343 e. The Kier molecular flexibility index (Phi) is 5.54. The van der Waals surface area contributed by atoms with Gasteiger partial charge in [0.05, 0.1) is 5.92 Å². The van der Waals surface area contributed by atoms with E-state index in [0.717, 1.165) is 24.1 Å². The molecule has 1 atom stereocenters. The van der Waals surface area contributed by atoms with Gasteiger partial charge in [0.25, 0.3) is 0 Å². The standard InChI is InChI=1S/C25H32N2O/c1-18(2)16-19(27-14-8-9-15-27)17-26(3)25(28)24-22-12-6-4-10-20(22)21-11-5-7-13-23(21)24/h4-7,10-13,18-19,24H,8-9,14-17H2,1-3H3. The summed E-state index contributed by atoms with van der Waals surface area (Å²) in [6, 6.07) is 17.2. The van der Waals surface area contributed by atoms with Gasteiger partial charge in [0.2, 0.25) is 5.91 Å². The summed E-state index contributed by atoms with van der Waals surface area (Å²) in [5, 5.41) is 0. The Hall–Kier alpha value is -2.13. The SMILES string of the molecule is CC(C)CC(CN(C)C(=O)C1c2ccccc2-c2ccccc21)N1CCCC1. The maximum Gasteiger partial charge on any atom is 0.234 e. The molecule has 2 aromatic rings. The summed E-state index contributed by atoms with van der Waals surface area (Å²) in [6.45, 7) is 7.74. The zero-order valence-corrected chi connectivity index (χ0v) is 17.4. The molecule has 0 radical (unpaired) electrons. The van der Waals surface area contributed by atoms with Gasteiger partial charge in [-0.25, -0.2) is 0 Å². The topological polar surface area (TPSA) is 23.6 Å². The molecule has 3 heteroatoms. The fourth-order valence-electron chi connectivity index (χ4n) is 5.04. The molecule has 2 aliphatic rings. The van der Waals surface area contributed by atoms with Gasteiger partial charge in [-0.1, -0.05) is 62.4 Å². The van der Waals surface area contributed by atoms with E-state index in [9.17, 15) is 4.79 Å². The van der Waals surface area contributed by atoms with Crippen LogP contribution in [0, 0.1) is 5.92 Å². The van der Waals surface area contributed by atoms with Crippen LogP contribution in [0.5, 0.6) is 0 Å². The zero-order valence-electron chi connectivity index (χ0n) is 17.4. The predicted molar refractivity (Wildman–Crippen MR) is 115 cm³/mol. The Morgan fingerprint density at radius 1 is 1.00 bits per heavy atom. The number of nitrogens with zero attached hydrogens (tertiary/aromatic N) is 2. The first-order chi connectivity index (χ1) is 13.6. The zero-order chi connectivity index (χ0) is 19.7. The lowest BCUT2D eigenvalue weighted by atomic mass is 9.95. The number of hydrogen-bond donors (Lipinski definition) is 0. The Morgan fingerprint density at radius 2 is 1.54 bits per heavy atom. The molecule has 0 saturated carbocycles. The van der Waals surface area contributed by atoms with Gasteiger partial charge >= 0.3 is 0 Å². The Labute approximate surface area is 169 Å². The Morgan fingerprint density at radius 3 is 2.07 bits per heavy atom. The summed E-state index contributed by atoms with van der Waals surface area (Å²) in [5.41, 5.74) is 4.73. The third-order valence-electron chi connectivity index (χ3n) is 6.34. The third-order valence-corrected chi connectivity index (χ3v) is 6.34. The molecule has 4 rings (SSSR count). The molecule has 1 aliphatic heterocycles. The van der Waals surface area contributed by atoms with E-state index in [-0.39, 0.29) is 11.8 Å². The van der Waals surface area contributed by atoms with E-state index in [1.165, 1.54) is 37.1 Å². The number of fused-ring (bicyclic) bond motifs is 3. The van der Waals surface area contributed by atoms with Crippen molar-refractivity contribution in [3.05, 3.63) is 59.7 Å². The average Bonchev–Trinajstić information content (AvgIpc) is 3.33. The number of hydrogen-bond acceptors (Lipinski definition) is 2. The van der Waals surface area contributed by atoms with Gasteiger partial charge in [-0.2, -0.15) is 0 Å². The summed E-state index contributed by atoms with van der Waals surface area (Å²) in [4.78, 5) is 18.2. The van der Waals surface area contributed by atoms with E-state index in [1.807, 2.05) is 11.9 Å². The first-order valence-electron chi connectivity index (χ1n) is 10.7. The van der Waals surface area contributed by atoms with Crippen LogP contribution in [-0.4, -0.2) is 48.4 Å². The second-order valence-corrected chi connectivity index (χ2v) is 8.85. The number of carbonyl (C=O) groups excluding carboxylic acids is 1. The number of likely N-dealkylation sites (tertiary alicyclic amines) is 1. The van der Waals surface area contributed by atoms with Crippen LogP contribution in [0.4, 0.5) is 0 Å². The number of amides is 1. The minimum absolute atomic E-state index is 0.171. The Balaban J connectivity index is 1.58. The molecule has 0 spiro atoms. The molecule has 3 nitrogen and oxygen atoms in total. The third kappa shape index (κ3) is 3.60. The summed E-state index contributed by atoms with van der Waals surface area (Å²) < 4.78 is 0. The molecule has 0 N–H and O–H groups in total. The van der Waals surface area contributed by atoms with Crippen molar-refractivity contribution in [3.8, 4) is 11.1 Å². The maximum absolute atomic E-state index is 13.6. The summed E-state index contributed by atoms with van der Waals surface area (Å²) in [7, 11) is 2.00. The molecular weight excluding hydrogens is 344 g/mol. The Bertz CT molecular complexity index is 792. The van der Waals surface area contributed by atoms with E-state index >= 15 is 0 Å². The fourth-order valence-corrected chi connectivity index (χ4v) is 5.04. The van der Waals surface area contributed by atoms with Crippen LogP contribution in [-0.2, 0) is 4.79 Å². The van der Waals surface area contributed by atoms with Crippen molar-refractivity contribution in [2.75, 3.05) is 26.7 Å². The van der Waals surface area contributed by atoms with E-state index in [4.69, 9.17) is 0 Å². The highest BCUT2D eigenvalue weighted by molar-refractivity contribution is 5.96. The highest BCUT2D eigenvalue weighted by Gasteiger charge is 2.36. The first kappa shape index (κ1) is 19.2. The first-order valence-corrected chi connectivity index (χ1v) is 10.7. The van der Waals surface area contributed by atoms with Crippen LogP contribution in [0.15, 0.2) is 48.5 Å².